The molecule has 0 heterocycles. The molecule has 0 amide bonds. The van der Waals surface area contributed by atoms with Crippen molar-refractivity contribution in [3.63, 3.8) is 0 Å². The number of rotatable bonds is 0. The number of hydrogen-bond acceptors (Lipinski definition) is 1. The van der Waals surface area contributed by atoms with Crippen LogP contribution in [0.25, 0.3) is 0 Å². The molecule has 3 nitrogen and oxygen atoms in total. The molecule has 5 heteroatoms. The Morgan fingerprint density at radius 3 is 1.50 bits per heavy atom. The summed E-state index contributed by atoms with van der Waals surface area (Å²) >= 11 is 0. The molecule has 0 saturated heterocycles. The van der Waals surface area contributed by atoms with Gasteiger partial charge in [-0.3, -0.25) is 0 Å². The van der Waals surface area contributed by atoms with E-state index in [2.05, 4.69) is 0 Å². The number of carboxylic acid groups (broad SMARTS) is 2. The third-order valence-electron chi connectivity index (χ3n) is 0. The van der Waals surface area contributed by atoms with Crippen LogP contribution in [0.3, 0.4) is 0 Å². The summed E-state index contributed by atoms with van der Waals surface area (Å²) in [6.45, 7) is 0. The molecule has 0 rings (SSSR count). The van der Waals surface area contributed by atoms with E-state index >= 15 is 0 Å². The second-order valence-corrected chi connectivity index (χ2v) is 0.283. The Morgan fingerprint density at radius 2 is 1.50 bits per heavy atom. The molecule has 0 bridgehead atoms. The summed E-state index contributed by atoms with van der Waals surface area (Å²) in [7, 11) is 0. The fourth-order valence-corrected chi connectivity index (χ4v) is 0. The second-order valence-electron chi connectivity index (χ2n) is 0.283. The molecule has 0 aromatic rings. The first-order chi connectivity index (χ1) is 1.73. The minimum atomic E-state index is -1.83. The van der Waals surface area contributed by atoms with E-state index in [1.165, 1.54) is 0 Å². The van der Waals surface area contributed by atoms with Gasteiger partial charge in [-0.25, -0.2) is 4.79 Å². The molecule has 0 aliphatic heterocycles. The fraction of sp³-hybridized carbons (Fsp3) is 0. The summed E-state index contributed by atoms with van der Waals surface area (Å²) in [5.41, 5.74) is 0. The van der Waals surface area contributed by atoms with Crippen LogP contribution >= 0.6 is 0 Å². The maximum Gasteiger partial charge on any atom is 2.00 e. The average molecular weight is 212 g/mol. The van der Waals surface area contributed by atoms with Gasteiger partial charge < -0.3 is 13.1 Å². The Hall–Kier alpha value is 1.27. The summed E-state index contributed by atoms with van der Waals surface area (Å²) in [5.74, 6) is 0. The zero-order valence-electron chi connectivity index (χ0n) is 4.81. The van der Waals surface area contributed by atoms with Crippen molar-refractivity contribution in [1.82, 2.24) is 0 Å². The molecule has 0 aromatic carbocycles. The van der Waals surface area contributed by atoms with E-state index in [-0.39, 0.29) is 63.0 Å². The molecule has 0 spiro atoms. The van der Waals surface area contributed by atoms with Crippen LogP contribution in [-0.2, 0) is 22.4 Å². The van der Waals surface area contributed by atoms with E-state index in [9.17, 15) is 0 Å². The van der Waals surface area contributed by atoms with Crippen LogP contribution < -0.4 is 0 Å². The van der Waals surface area contributed by atoms with Gasteiger partial charge in [-0.15, -0.1) is 0 Å². The zero-order chi connectivity index (χ0) is 3.58. The molecule has 0 atom stereocenters. The summed E-state index contributed by atoms with van der Waals surface area (Å²) in [6, 6.07) is 0. The van der Waals surface area contributed by atoms with Gasteiger partial charge in [0.25, 0.3) is 0 Å². The molecule has 6 heavy (non-hydrogen) atoms. The van der Waals surface area contributed by atoms with Crippen molar-refractivity contribution in [1.29, 1.82) is 0 Å². The van der Waals surface area contributed by atoms with Gasteiger partial charge in [-0.2, -0.15) is 0 Å². The maximum absolute atomic E-state index is 8.56. The molecule has 0 saturated carbocycles. The van der Waals surface area contributed by atoms with Gasteiger partial charge in [0.1, 0.15) is 0 Å². The smallest absolute Gasteiger partial charge is 1.00 e. The van der Waals surface area contributed by atoms with Crippen molar-refractivity contribution in [2.75, 3.05) is 0 Å². The molecule has 0 fully saturated rings. The van der Waals surface area contributed by atoms with Gasteiger partial charge in [0.05, 0.1) is 0 Å². The normalized spacial score (nSPS) is 4.00. The van der Waals surface area contributed by atoms with Crippen LogP contribution in [0.5, 0.6) is 0 Å². The first-order valence-electron chi connectivity index (χ1n) is 0.651. The summed E-state index contributed by atoms with van der Waals surface area (Å²) < 4.78 is 0. The standard InChI is InChI=1S/CH2O3.Ag.Ca.2H/c2-1(3)4;;;;/h(H2,2,3,4);;;;/q;;+2;2*-1. The molecular weight excluding hydrogens is 208 g/mol. The van der Waals surface area contributed by atoms with E-state index in [1.54, 1.807) is 0 Å². The summed E-state index contributed by atoms with van der Waals surface area (Å²) in [5, 5.41) is 13.9. The van der Waals surface area contributed by atoms with Gasteiger partial charge in [0.15, 0.2) is 0 Å². The monoisotopic (exact) mass is 211 g/mol. The van der Waals surface area contributed by atoms with E-state index in [1.807, 2.05) is 0 Å². The maximum atomic E-state index is 8.56. The van der Waals surface area contributed by atoms with Crippen LogP contribution in [0.4, 0.5) is 4.79 Å². The Balaban J connectivity index is -0.00000000750. The van der Waals surface area contributed by atoms with Crippen molar-refractivity contribution in [3.05, 3.63) is 0 Å². The first-order valence-corrected chi connectivity index (χ1v) is 0.651. The van der Waals surface area contributed by atoms with Crippen molar-refractivity contribution >= 4 is 43.9 Å². The molecular formula is CH4AgCaO3. The predicted molar refractivity (Wildman–Crippen MR) is 18.6 cm³/mol. The number of carbonyl (C=O) groups is 1. The molecule has 0 aliphatic carbocycles. The minimum Gasteiger partial charge on any atom is -1.00 e. The van der Waals surface area contributed by atoms with Gasteiger partial charge in [0, 0.05) is 22.4 Å². The summed E-state index contributed by atoms with van der Waals surface area (Å²) in [6.07, 6.45) is -1.83. The predicted octanol–water partition coefficient (Wildman–Crippen LogP) is 0.0641. The van der Waals surface area contributed by atoms with Gasteiger partial charge in [-0.05, 0) is 0 Å². The van der Waals surface area contributed by atoms with Crippen LogP contribution in [0.2, 0.25) is 0 Å². The SMILES string of the molecule is O=C(O)O.[Ag].[Ca+2].[H-].[H-]. The Labute approximate surface area is 83.2 Å². The molecule has 0 aliphatic rings. The Kier molecular flexibility index (Phi) is 25.0. The topological polar surface area (TPSA) is 57.5 Å². The molecule has 2 N–H and O–H groups in total. The first kappa shape index (κ1) is 15.7. The summed E-state index contributed by atoms with van der Waals surface area (Å²) in [4.78, 5) is 8.56. The van der Waals surface area contributed by atoms with E-state index < -0.39 is 6.16 Å². The van der Waals surface area contributed by atoms with Gasteiger partial charge in [-0.1, -0.05) is 0 Å². The average Bonchev–Trinajstić information content (AvgIpc) is 0.811. The zero-order valence-corrected chi connectivity index (χ0v) is 6.50. The number of hydrogen-bond donors (Lipinski definition) is 2. The minimum absolute atomic E-state index is 0. The van der Waals surface area contributed by atoms with Gasteiger partial charge >= 0.3 is 43.9 Å². The van der Waals surface area contributed by atoms with Crippen molar-refractivity contribution < 1.29 is 40.2 Å². The molecule has 0 unspecified atom stereocenters. The fourth-order valence-electron chi connectivity index (χ4n) is 0. The van der Waals surface area contributed by atoms with Gasteiger partial charge in [0.2, 0.25) is 0 Å². The van der Waals surface area contributed by atoms with Crippen molar-refractivity contribution in [2.45, 2.75) is 0 Å². The quantitative estimate of drug-likeness (QED) is 0.558. The van der Waals surface area contributed by atoms with Crippen LogP contribution in [0.1, 0.15) is 2.85 Å². The molecule has 39 valence electrons. The largest absolute Gasteiger partial charge is 2.00 e. The van der Waals surface area contributed by atoms with Crippen LogP contribution in [0, 0.1) is 0 Å². The van der Waals surface area contributed by atoms with Crippen molar-refractivity contribution in [2.24, 2.45) is 0 Å². The Bertz CT molecular complexity index is 40.3. The molecule has 1 radical (unpaired) electrons. The van der Waals surface area contributed by atoms with E-state index in [0.29, 0.717) is 0 Å². The van der Waals surface area contributed by atoms with E-state index in [4.69, 9.17) is 15.0 Å². The van der Waals surface area contributed by atoms with E-state index in [0.717, 1.165) is 0 Å². The Morgan fingerprint density at radius 1 is 1.50 bits per heavy atom. The molecule has 0 aromatic heterocycles. The van der Waals surface area contributed by atoms with Crippen molar-refractivity contribution in [3.8, 4) is 0 Å². The van der Waals surface area contributed by atoms with Crippen LogP contribution in [0.15, 0.2) is 0 Å². The van der Waals surface area contributed by atoms with Crippen LogP contribution in [-0.4, -0.2) is 54.1 Å². The third kappa shape index (κ3) is 59.6. The third-order valence-corrected chi connectivity index (χ3v) is 0. The second kappa shape index (κ2) is 9.55.